The molecule has 78 valence electrons. The molecule has 0 N–H and O–H groups in total. The van der Waals surface area contributed by atoms with Gasteiger partial charge in [-0.3, -0.25) is 0 Å². The van der Waals surface area contributed by atoms with Crippen LogP contribution in [0.25, 0.3) is 0 Å². The van der Waals surface area contributed by atoms with E-state index in [4.69, 9.17) is 0 Å². The molecule has 13 heavy (non-hydrogen) atoms. The highest BCUT2D eigenvalue weighted by Gasteiger charge is 2.59. The van der Waals surface area contributed by atoms with E-state index in [0.29, 0.717) is 0 Å². The van der Waals surface area contributed by atoms with Gasteiger partial charge in [0.15, 0.2) is 0 Å². The van der Waals surface area contributed by atoms with Gasteiger partial charge in [0.2, 0.25) is 6.04 Å². The molecular weight excluding hydrogens is 207 g/mol. The minimum Gasteiger partial charge on any atom is -0.200 e. The monoisotopic (exact) mass is 211 g/mol. The van der Waals surface area contributed by atoms with Gasteiger partial charge in [-0.25, -0.2) is 0 Å². The van der Waals surface area contributed by atoms with E-state index >= 15 is 0 Å². The van der Waals surface area contributed by atoms with Gasteiger partial charge < -0.3 is 0 Å². The van der Waals surface area contributed by atoms with E-state index in [-0.39, 0.29) is 0 Å². The summed E-state index contributed by atoms with van der Waals surface area (Å²) < 4.78 is 82.1. The Labute approximate surface area is 68.3 Å². The lowest BCUT2D eigenvalue weighted by molar-refractivity contribution is -0.323. The molecular formula is C5H4F7N. The predicted molar refractivity (Wildman–Crippen MR) is 29.0 cm³/mol. The van der Waals surface area contributed by atoms with E-state index in [1.165, 1.54) is 0 Å². The fourth-order valence-corrected chi connectivity index (χ4v) is 0.571. The number of nitrogens with zero attached hydrogens (tertiary/aromatic N) is 1. The van der Waals surface area contributed by atoms with Gasteiger partial charge in [-0.15, -0.1) is 8.96 Å². The van der Waals surface area contributed by atoms with Crippen LogP contribution in [0.5, 0.6) is 0 Å². The fourth-order valence-electron chi connectivity index (χ4n) is 0.571. The fraction of sp³-hybridized carbons (Fsp3) is 0.600. The van der Waals surface area contributed by atoms with Crippen molar-refractivity contribution in [1.82, 2.24) is 5.34 Å². The van der Waals surface area contributed by atoms with Crippen molar-refractivity contribution in [3.8, 4) is 0 Å². The number of hydrogen-bond donors (Lipinski definition) is 0. The first-order chi connectivity index (χ1) is 5.63. The van der Waals surface area contributed by atoms with Crippen LogP contribution in [0.4, 0.5) is 30.9 Å². The number of halogens is 7. The van der Waals surface area contributed by atoms with E-state index in [1.807, 2.05) is 0 Å². The van der Waals surface area contributed by atoms with E-state index < -0.39 is 29.6 Å². The molecule has 0 aliphatic heterocycles. The van der Waals surface area contributed by atoms with Crippen LogP contribution >= 0.6 is 0 Å². The van der Waals surface area contributed by atoms with Crippen LogP contribution < -0.4 is 0 Å². The first kappa shape index (κ1) is 12.2. The van der Waals surface area contributed by atoms with E-state index in [0.717, 1.165) is 0 Å². The molecule has 0 aliphatic rings. The zero-order valence-corrected chi connectivity index (χ0v) is 5.95. The van der Waals surface area contributed by atoms with Gasteiger partial charge in [-0.1, -0.05) is 6.58 Å². The van der Waals surface area contributed by atoms with E-state index in [9.17, 15) is 30.9 Å². The third-order valence-corrected chi connectivity index (χ3v) is 1.14. The van der Waals surface area contributed by atoms with Crippen molar-refractivity contribution in [3.05, 3.63) is 12.7 Å². The normalized spacial score (nSPS) is 16.0. The lowest BCUT2D eigenvalue weighted by Gasteiger charge is -2.25. The Morgan fingerprint density at radius 3 is 1.54 bits per heavy atom. The maximum Gasteiger partial charge on any atom is 0.415 e. The van der Waals surface area contributed by atoms with Crippen molar-refractivity contribution >= 4 is 0 Å². The van der Waals surface area contributed by atoms with Crippen molar-refractivity contribution in [3.63, 3.8) is 0 Å². The predicted octanol–water partition coefficient (Wildman–Crippen LogP) is 2.81. The molecule has 0 spiro atoms. The van der Waals surface area contributed by atoms with Crippen LogP contribution in [0.3, 0.4) is 0 Å². The maximum atomic E-state index is 12.2. The molecule has 0 bridgehead atoms. The van der Waals surface area contributed by atoms with Crippen molar-refractivity contribution in [1.29, 1.82) is 0 Å². The highest BCUT2D eigenvalue weighted by Crippen LogP contribution is 2.37. The summed E-state index contributed by atoms with van der Waals surface area (Å²) in [6.07, 6.45) is -6.20. The average Bonchev–Trinajstić information content (AvgIpc) is 1.82. The summed E-state index contributed by atoms with van der Waals surface area (Å²) in [5.41, 5.74) is 0. The summed E-state index contributed by atoms with van der Waals surface area (Å²) in [6, 6.07) is -4.16. The summed E-state index contributed by atoms with van der Waals surface area (Å²) in [6.45, 7) is 2.34. The molecule has 0 heterocycles. The smallest absolute Gasteiger partial charge is 0.200 e. The molecule has 1 nitrogen and oxygen atoms in total. The second kappa shape index (κ2) is 3.52. The summed E-state index contributed by atoms with van der Waals surface area (Å²) in [7, 11) is 0. The second-order valence-electron chi connectivity index (χ2n) is 2.08. The summed E-state index contributed by atoms with van der Waals surface area (Å²) in [5, 5.41) is -2.58. The molecule has 0 aromatic heterocycles. The largest absolute Gasteiger partial charge is 0.415 e. The van der Waals surface area contributed by atoms with Crippen LogP contribution in [0.1, 0.15) is 0 Å². The minimum absolute atomic E-state index is 0.475. The van der Waals surface area contributed by atoms with Gasteiger partial charge in [-0.05, 0) is 6.08 Å². The van der Waals surface area contributed by atoms with Crippen LogP contribution in [-0.4, -0.2) is 23.5 Å². The van der Waals surface area contributed by atoms with Crippen molar-refractivity contribution < 1.29 is 30.9 Å². The molecule has 0 rings (SSSR count). The number of rotatable bonds is 3. The highest BCUT2D eigenvalue weighted by molar-refractivity contribution is 4.98. The molecule has 0 amide bonds. The first-order valence-corrected chi connectivity index (χ1v) is 2.82. The Kier molecular flexibility index (Phi) is 3.31. The highest BCUT2D eigenvalue weighted by atomic mass is 19.4. The van der Waals surface area contributed by atoms with Gasteiger partial charge in [0.1, 0.15) is 0 Å². The number of hydrogen-bond acceptors (Lipinski definition) is 1. The maximum absolute atomic E-state index is 12.2. The van der Waals surface area contributed by atoms with Crippen LogP contribution in [0.2, 0.25) is 0 Å². The first-order valence-electron chi connectivity index (χ1n) is 2.82. The molecule has 1 atom stereocenters. The number of alkyl halides is 5. The standard InChI is InChI=1S/C5H4F7N/c1-2-4(6,7)3(13(11)12)5(8,9)10/h2-3H,1H2. The molecule has 0 aromatic carbocycles. The molecule has 8 heteroatoms. The lowest BCUT2D eigenvalue weighted by Crippen LogP contribution is -2.50. The SMILES string of the molecule is C=CC(F)(F)C(N(F)F)C(F)(F)F. The second-order valence-corrected chi connectivity index (χ2v) is 2.08. The zero-order valence-electron chi connectivity index (χ0n) is 5.95. The van der Waals surface area contributed by atoms with Gasteiger partial charge in [0.05, 0.1) is 0 Å². The Morgan fingerprint density at radius 1 is 1.08 bits per heavy atom. The minimum atomic E-state index is -5.72. The van der Waals surface area contributed by atoms with Crippen molar-refractivity contribution in [2.45, 2.75) is 18.1 Å². The summed E-state index contributed by atoms with van der Waals surface area (Å²) in [5.74, 6) is -4.72. The summed E-state index contributed by atoms with van der Waals surface area (Å²) >= 11 is 0. The molecule has 0 saturated heterocycles. The quantitative estimate of drug-likeness (QED) is 0.394. The Morgan fingerprint density at radius 2 is 1.46 bits per heavy atom. The third-order valence-electron chi connectivity index (χ3n) is 1.14. The van der Waals surface area contributed by atoms with Crippen LogP contribution in [-0.2, 0) is 0 Å². The van der Waals surface area contributed by atoms with Crippen LogP contribution in [0, 0.1) is 0 Å². The summed E-state index contributed by atoms with van der Waals surface area (Å²) in [4.78, 5) is 0. The van der Waals surface area contributed by atoms with E-state index in [1.54, 1.807) is 0 Å². The van der Waals surface area contributed by atoms with Crippen LogP contribution in [0.15, 0.2) is 12.7 Å². The Hall–Kier alpha value is -0.790. The molecule has 0 radical (unpaired) electrons. The lowest BCUT2D eigenvalue weighted by atomic mass is 10.1. The molecule has 0 saturated carbocycles. The third kappa shape index (κ3) is 2.87. The van der Waals surface area contributed by atoms with Crippen molar-refractivity contribution in [2.24, 2.45) is 0 Å². The topological polar surface area (TPSA) is 3.24 Å². The molecule has 0 aliphatic carbocycles. The van der Waals surface area contributed by atoms with E-state index in [2.05, 4.69) is 6.58 Å². The molecule has 0 fully saturated rings. The Balaban J connectivity index is 4.93. The zero-order chi connectivity index (χ0) is 10.9. The van der Waals surface area contributed by atoms with Crippen molar-refractivity contribution in [2.75, 3.05) is 0 Å². The van der Waals surface area contributed by atoms with Gasteiger partial charge in [-0.2, -0.15) is 22.0 Å². The Bertz CT molecular complexity index is 184. The van der Waals surface area contributed by atoms with Gasteiger partial charge >= 0.3 is 6.18 Å². The average molecular weight is 211 g/mol. The molecule has 1 unspecified atom stereocenters. The van der Waals surface area contributed by atoms with Gasteiger partial charge in [0, 0.05) is 5.34 Å². The van der Waals surface area contributed by atoms with Gasteiger partial charge in [0.25, 0.3) is 5.92 Å². The molecule has 0 aromatic rings.